The number of likely N-dealkylation sites (N-methyl/N-ethyl adjacent to an activating group) is 1. The molecule has 0 saturated carbocycles. The maximum absolute atomic E-state index is 13.5. The van der Waals surface area contributed by atoms with Crippen LogP contribution in [0.1, 0.15) is 213 Å². The molecule has 0 aromatic heterocycles. The summed E-state index contributed by atoms with van der Waals surface area (Å²) in [5.74, 6) is -0.653. The SMILES string of the molecule is CC/C=C\C/C=C\C/C=C\C/C=C\C/C=C\C/C=C\CCCCCCC(=O)OC(/C=C\CCCCCCCCCCC)C(COP(=O)([O-])OCC[N+](C)(C)C)NC(=O)CCC/C=C\C/C=C\C/C=C\C/C=C\C/C=C\CC. The molecule has 0 spiro atoms. The Morgan fingerprint density at radius 3 is 1.27 bits per heavy atom. The predicted octanol–water partition coefficient (Wildman–Crippen LogP) is 18.0. The highest BCUT2D eigenvalue weighted by atomic mass is 31.2. The summed E-state index contributed by atoms with van der Waals surface area (Å²) in [4.78, 5) is 39.9. The van der Waals surface area contributed by atoms with Gasteiger partial charge in [-0.05, 0) is 122 Å². The smallest absolute Gasteiger partial charge is 0.306 e. The second-order valence-corrected chi connectivity index (χ2v) is 22.1. The van der Waals surface area contributed by atoms with Crippen LogP contribution < -0.4 is 10.2 Å². The Bertz CT molecular complexity index is 1830. The van der Waals surface area contributed by atoms with E-state index in [4.69, 9.17) is 13.8 Å². The van der Waals surface area contributed by atoms with E-state index in [1.165, 1.54) is 44.9 Å². The average molecular weight is 1090 g/mol. The summed E-state index contributed by atoms with van der Waals surface area (Å²) < 4.78 is 30.2. The van der Waals surface area contributed by atoms with E-state index in [-0.39, 0.29) is 31.3 Å². The van der Waals surface area contributed by atoms with Crippen molar-refractivity contribution in [3.63, 3.8) is 0 Å². The van der Waals surface area contributed by atoms with Gasteiger partial charge in [-0.3, -0.25) is 14.2 Å². The fraction of sp³-hybridized carbons (Fsp3) is 0.612. The van der Waals surface area contributed by atoms with Crippen LogP contribution >= 0.6 is 7.82 Å². The van der Waals surface area contributed by atoms with Gasteiger partial charge in [0.2, 0.25) is 5.91 Å². The van der Waals surface area contributed by atoms with Crippen LogP contribution in [0.2, 0.25) is 0 Å². The van der Waals surface area contributed by atoms with Crippen LogP contribution in [0.4, 0.5) is 0 Å². The number of esters is 1. The van der Waals surface area contributed by atoms with Gasteiger partial charge in [0, 0.05) is 12.8 Å². The number of allylic oxidation sites excluding steroid dienone is 23. The van der Waals surface area contributed by atoms with E-state index in [0.717, 1.165) is 122 Å². The van der Waals surface area contributed by atoms with Crippen molar-refractivity contribution >= 4 is 19.7 Å². The molecule has 77 heavy (non-hydrogen) atoms. The van der Waals surface area contributed by atoms with Crippen LogP contribution in [-0.4, -0.2) is 69.4 Å². The standard InChI is InChI=1S/C67H111N2O7P/c1-7-10-13-16-19-22-25-27-29-31-32-33-34-35-36-38-40-42-45-48-51-54-57-60-67(71)76-65(58-55-52-49-46-43-24-21-18-15-12-9-3)64(63-75-77(72,73)74-62-61-69(4,5)6)68-66(70)59-56-53-50-47-44-41-39-37-30-28-26-23-20-17-14-11-8-2/h10-11,13-14,19-20,22-23,27-30,32-33,35-36,39-42,47,50,55,58,64-65H,7-9,12,15-18,21,24-26,31,34,37-38,43-46,48-49,51-54,56-57,59-63H2,1-6H3,(H-,68,70,72,73)/b13-10-,14-11-,22-19-,23-20-,29-27-,30-28-,33-32-,36-35-,41-39-,42-40-,50-47-,58-55-. The summed E-state index contributed by atoms with van der Waals surface area (Å²) in [7, 11) is 1.11. The number of quaternary nitrogens is 1. The van der Waals surface area contributed by atoms with E-state index in [9.17, 15) is 19.0 Å². The van der Waals surface area contributed by atoms with Gasteiger partial charge in [-0.1, -0.05) is 225 Å². The minimum atomic E-state index is -4.73. The van der Waals surface area contributed by atoms with Crippen molar-refractivity contribution in [2.75, 3.05) is 40.9 Å². The maximum Gasteiger partial charge on any atom is 0.306 e. The summed E-state index contributed by atoms with van der Waals surface area (Å²) in [6, 6.07) is -0.940. The summed E-state index contributed by atoms with van der Waals surface area (Å²) in [5, 5.41) is 2.98. The lowest BCUT2D eigenvalue weighted by molar-refractivity contribution is -0.870. The quantitative estimate of drug-likeness (QED) is 0.0212. The molecule has 1 N–H and O–H groups in total. The molecule has 0 aliphatic rings. The van der Waals surface area contributed by atoms with Gasteiger partial charge in [0.25, 0.3) is 7.82 Å². The zero-order valence-corrected chi connectivity index (χ0v) is 50.5. The zero-order chi connectivity index (χ0) is 56.4. The monoisotopic (exact) mass is 1090 g/mol. The number of hydrogen-bond donors (Lipinski definition) is 1. The topological polar surface area (TPSA) is 114 Å². The number of phosphoric acid groups is 1. The number of nitrogens with one attached hydrogen (secondary N) is 1. The van der Waals surface area contributed by atoms with Crippen molar-refractivity contribution < 1.29 is 37.3 Å². The molecule has 0 fully saturated rings. The van der Waals surface area contributed by atoms with Crippen molar-refractivity contribution in [3.05, 3.63) is 146 Å². The number of unbranched alkanes of at least 4 members (excludes halogenated alkanes) is 14. The van der Waals surface area contributed by atoms with E-state index >= 15 is 0 Å². The van der Waals surface area contributed by atoms with Gasteiger partial charge >= 0.3 is 5.97 Å². The molecule has 0 aromatic carbocycles. The average Bonchev–Trinajstić information content (AvgIpc) is 3.39. The van der Waals surface area contributed by atoms with Gasteiger partial charge in [0.05, 0.1) is 33.8 Å². The van der Waals surface area contributed by atoms with Crippen molar-refractivity contribution in [2.45, 2.75) is 226 Å². The van der Waals surface area contributed by atoms with Crippen molar-refractivity contribution in [3.8, 4) is 0 Å². The Labute approximate surface area is 472 Å². The van der Waals surface area contributed by atoms with Gasteiger partial charge < -0.3 is 28.5 Å². The summed E-state index contributed by atoms with van der Waals surface area (Å²) >= 11 is 0. The first-order valence-electron chi connectivity index (χ1n) is 30.1. The molecule has 0 heterocycles. The van der Waals surface area contributed by atoms with E-state index in [0.29, 0.717) is 23.9 Å². The van der Waals surface area contributed by atoms with E-state index in [1.54, 1.807) is 6.08 Å². The van der Waals surface area contributed by atoms with Crippen LogP contribution in [0.25, 0.3) is 0 Å². The van der Waals surface area contributed by atoms with Crippen LogP contribution in [0.5, 0.6) is 0 Å². The fourth-order valence-corrected chi connectivity index (χ4v) is 8.40. The summed E-state index contributed by atoms with van der Waals surface area (Å²) in [6.45, 7) is 6.51. The number of hydrogen-bond acceptors (Lipinski definition) is 7. The van der Waals surface area contributed by atoms with Gasteiger partial charge in [-0.15, -0.1) is 0 Å². The van der Waals surface area contributed by atoms with E-state index in [1.807, 2.05) is 27.2 Å². The Hall–Kier alpha value is -4.11. The minimum absolute atomic E-state index is 0.0461. The molecule has 0 aliphatic carbocycles. The molecule has 0 saturated heterocycles. The Morgan fingerprint density at radius 1 is 0.468 bits per heavy atom. The lowest BCUT2D eigenvalue weighted by Crippen LogP contribution is -2.47. The molecular formula is C67H111N2O7P. The number of ether oxygens (including phenoxy) is 1. The lowest BCUT2D eigenvalue weighted by atomic mass is 10.1. The molecule has 0 aliphatic heterocycles. The summed E-state index contributed by atoms with van der Waals surface area (Å²) in [5.41, 5.74) is 0. The molecule has 0 aromatic rings. The van der Waals surface area contributed by atoms with Crippen molar-refractivity contribution in [1.82, 2.24) is 5.32 Å². The number of carbonyl (C=O) groups excluding carboxylic acids is 2. The van der Waals surface area contributed by atoms with Crippen molar-refractivity contribution in [1.29, 1.82) is 0 Å². The molecule has 436 valence electrons. The molecular weight excluding hydrogens is 976 g/mol. The third-order valence-corrected chi connectivity index (χ3v) is 13.2. The molecule has 10 heteroatoms. The first-order chi connectivity index (χ1) is 37.4. The van der Waals surface area contributed by atoms with Gasteiger partial charge in [-0.2, -0.15) is 0 Å². The molecule has 0 rings (SSSR count). The lowest BCUT2D eigenvalue weighted by Gasteiger charge is -2.30. The highest BCUT2D eigenvalue weighted by Crippen LogP contribution is 2.38. The van der Waals surface area contributed by atoms with Crippen LogP contribution in [0, 0.1) is 0 Å². The number of rotatable bonds is 52. The number of nitrogens with zero attached hydrogens (tertiary/aromatic N) is 1. The third-order valence-electron chi connectivity index (χ3n) is 12.3. The predicted molar refractivity (Wildman–Crippen MR) is 329 cm³/mol. The Balaban J connectivity index is 5.38. The first-order valence-corrected chi connectivity index (χ1v) is 31.6. The second-order valence-electron chi connectivity index (χ2n) is 20.7. The molecule has 1 amide bonds. The Kier molecular flexibility index (Phi) is 52.3. The van der Waals surface area contributed by atoms with E-state index in [2.05, 4.69) is 160 Å². The fourth-order valence-electron chi connectivity index (χ4n) is 7.68. The van der Waals surface area contributed by atoms with E-state index < -0.39 is 26.6 Å². The molecule has 3 unspecified atom stereocenters. The van der Waals surface area contributed by atoms with Crippen LogP contribution in [0.15, 0.2) is 146 Å². The molecule has 0 bridgehead atoms. The zero-order valence-electron chi connectivity index (χ0n) is 49.6. The number of amides is 1. The minimum Gasteiger partial charge on any atom is -0.756 e. The summed E-state index contributed by atoms with van der Waals surface area (Å²) in [6.07, 6.45) is 79.7. The van der Waals surface area contributed by atoms with Crippen LogP contribution in [0.3, 0.4) is 0 Å². The Morgan fingerprint density at radius 2 is 0.844 bits per heavy atom. The van der Waals surface area contributed by atoms with Gasteiger partial charge in [0.1, 0.15) is 19.3 Å². The first kappa shape index (κ1) is 72.9. The maximum atomic E-state index is 13.5. The number of carbonyl (C=O) groups is 2. The second kappa shape index (κ2) is 55.2. The van der Waals surface area contributed by atoms with Gasteiger partial charge in [-0.25, -0.2) is 0 Å². The molecule has 0 radical (unpaired) electrons. The highest BCUT2D eigenvalue weighted by Gasteiger charge is 2.27. The van der Waals surface area contributed by atoms with Crippen LogP contribution in [-0.2, 0) is 27.9 Å². The normalized spacial score (nSPS) is 14.7. The van der Waals surface area contributed by atoms with Crippen molar-refractivity contribution in [2.24, 2.45) is 0 Å². The molecule has 9 nitrogen and oxygen atoms in total. The molecule has 3 atom stereocenters. The number of phosphoric ester groups is 1. The van der Waals surface area contributed by atoms with Gasteiger partial charge in [0.15, 0.2) is 0 Å². The largest absolute Gasteiger partial charge is 0.756 e. The highest BCUT2D eigenvalue weighted by molar-refractivity contribution is 7.45. The third kappa shape index (κ3) is 56.4.